The molecule has 3 rings (SSSR count). The zero-order valence-electron chi connectivity index (χ0n) is 17.1. The molecule has 0 unspecified atom stereocenters. The van der Waals surface area contributed by atoms with Crippen molar-refractivity contribution in [1.29, 1.82) is 0 Å². The number of hydrogen-bond acceptors (Lipinski definition) is 3. The van der Waals surface area contributed by atoms with E-state index in [9.17, 15) is 13.2 Å². The molecule has 8 heteroatoms. The molecule has 1 aliphatic rings. The number of hydrogen-bond donors (Lipinski definition) is 1. The van der Waals surface area contributed by atoms with Crippen LogP contribution in [-0.4, -0.2) is 27.1 Å². The van der Waals surface area contributed by atoms with Crippen molar-refractivity contribution in [3.05, 3.63) is 63.1 Å². The summed E-state index contributed by atoms with van der Waals surface area (Å²) in [6.45, 7) is 2.14. The maximum absolute atomic E-state index is 12.4. The number of fused-ring (bicyclic) bond motifs is 1. The van der Waals surface area contributed by atoms with Crippen molar-refractivity contribution in [2.75, 3.05) is 17.1 Å². The Morgan fingerprint density at radius 1 is 1.10 bits per heavy atom. The van der Waals surface area contributed by atoms with Gasteiger partial charge in [0.05, 0.1) is 28.0 Å². The summed E-state index contributed by atoms with van der Waals surface area (Å²) in [6, 6.07) is 11.0. The number of rotatable bonds is 8. The van der Waals surface area contributed by atoms with Gasteiger partial charge in [0.1, 0.15) is 0 Å². The van der Waals surface area contributed by atoms with Gasteiger partial charge in [0.2, 0.25) is 15.9 Å². The van der Waals surface area contributed by atoms with Crippen LogP contribution in [-0.2, 0) is 27.7 Å². The van der Waals surface area contributed by atoms with E-state index in [1.165, 1.54) is 27.9 Å². The standard InChI is InChI=1S/C22H26Cl2N2O3S/c1-15(17-9-8-16-5-3-6-18(16)13-17)25-22(27)7-4-12-26(30(2,28)29)19-10-11-20(23)21(24)14-19/h8-11,13-15H,3-7,12H2,1-2H3,(H,25,27)/t15-/m1/s1. The number of benzene rings is 2. The summed E-state index contributed by atoms with van der Waals surface area (Å²) in [7, 11) is -3.52. The molecule has 0 saturated heterocycles. The predicted molar refractivity (Wildman–Crippen MR) is 123 cm³/mol. The topological polar surface area (TPSA) is 66.5 Å². The van der Waals surface area contributed by atoms with Crippen LogP contribution < -0.4 is 9.62 Å². The number of anilines is 1. The molecule has 0 saturated carbocycles. The van der Waals surface area contributed by atoms with Crippen molar-refractivity contribution in [3.63, 3.8) is 0 Å². The van der Waals surface area contributed by atoms with Crippen molar-refractivity contribution >= 4 is 44.8 Å². The lowest BCUT2D eigenvalue weighted by molar-refractivity contribution is -0.121. The second-order valence-electron chi connectivity index (χ2n) is 7.71. The minimum absolute atomic E-state index is 0.0931. The number of nitrogens with one attached hydrogen (secondary N) is 1. The maximum atomic E-state index is 12.4. The monoisotopic (exact) mass is 468 g/mol. The zero-order chi connectivity index (χ0) is 21.9. The van der Waals surface area contributed by atoms with Gasteiger partial charge in [-0.1, -0.05) is 41.4 Å². The van der Waals surface area contributed by atoms with E-state index in [0.29, 0.717) is 17.1 Å². The molecule has 0 spiro atoms. The van der Waals surface area contributed by atoms with Gasteiger partial charge in [-0.3, -0.25) is 9.10 Å². The molecular formula is C22H26Cl2N2O3S. The molecule has 0 bridgehead atoms. The molecule has 0 aliphatic heterocycles. The molecule has 2 aromatic carbocycles. The van der Waals surface area contributed by atoms with Crippen molar-refractivity contribution in [3.8, 4) is 0 Å². The van der Waals surface area contributed by atoms with Crippen molar-refractivity contribution in [2.45, 2.75) is 45.1 Å². The second kappa shape index (κ2) is 9.58. The first kappa shape index (κ1) is 22.9. The van der Waals surface area contributed by atoms with Crippen LogP contribution in [0.1, 0.15) is 48.9 Å². The van der Waals surface area contributed by atoms with Gasteiger partial charge in [0.25, 0.3) is 0 Å². The number of sulfonamides is 1. The van der Waals surface area contributed by atoms with Gasteiger partial charge >= 0.3 is 0 Å². The summed E-state index contributed by atoms with van der Waals surface area (Å²) < 4.78 is 25.7. The third kappa shape index (κ3) is 5.68. The zero-order valence-corrected chi connectivity index (χ0v) is 19.4. The highest BCUT2D eigenvalue weighted by atomic mass is 35.5. The largest absolute Gasteiger partial charge is 0.350 e. The summed E-state index contributed by atoms with van der Waals surface area (Å²) in [4.78, 5) is 12.4. The van der Waals surface area contributed by atoms with Crippen LogP contribution in [0.2, 0.25) is 10.0 Å². The van der Waals surface area contributed by atoms with Crippen molar-refractivity contribution < 1.29 is 13.2 Å². The molecule has 5 nitrogen and oxygen atoms in total. The van der Waals surface area contributed by atoms with Gasteiger partial charge in [0, 0.05) is 13.0 Å². The lowest BCUT2D eigenvalue weighted by Gasteiger charge is -2.23. The molecule has 0 aromatic heterocycles. The summed E-state index contributed by atoms with van der Waals surface area (Å²) in [5.41, 5.74) is 4.30. The third-order valence-corrected chi connectivity index (χ3v) is 7.29. The molecule has 1 amide bonds. The molecule has 0 radical (unpaired) electrons. The van der Waals surface area contributed by atoms with Crippen LogP contribution in [0.25, 0.3) is 0 Å². The fourth-order valence-electron chi connectivity index (χ4n) is 3.77. The van der Waals surface area contributed by atoms with Crippen LogP contribution in [0, 0.1) is 0 Å². The fourth-order valence-corrected chi connectivity index (χ4v) is 5.02. The number of aryl methyl sites for hydroxylation is 2. The maximum Gasteiger partial charge on any atom is 0.232 e. The van der Waals surface area contributed by atoms with E-state index in [1.807, 2.05) is 6.92 Å². The molecule has 1 atom stereocenters. The highest BCUT2D eigenvalue weighted by Crippen LogP contribution is 2.29. The van der Waals surface area contributed by atoms with Gasteiger partial charge in [-0.2, -0.15) is 0 Å². The lowest BCUT2D eigenvalue weighted by Crippen LogP contribution is -2.32. The van der Waals surface area contributed by atoms with Crippen LogP contribution in [0.3, 0.4) is 0 Å². The highest BCUT2D eigenvalue weighted by molar-refractivity contribution is 7.92. The Bertz CT molecular complexity index is 1040. The van der Waals surface area contributed by atoms with Crippen LogP contribution >= 0.6 is 23.2 Å². The predicted octanol–water partition coefficient (Wildman–Crippen LogP) is 4.91. The van der Waals surface area contributed by atoms with Crippen LogP contribution in [0.15, 0.2) is 36.4 Å². The van der Waals surface area contributed by atoms with Gasteiger partial charge < -0.3 is 5.32 Å². The minimum Gasteiger partial charge on any atom is -0.350 e. The number of carbonyl (C=O) groups excluding carboxylic acids is 1. The number of carbonyl (C=O) groups is 1. The lowest BCUT2D eigenvalue weighted by atomic mass is 10.0. The summed E-state index contributed by atoms with van der Waals surface area (Å²) in [5.74, 6) is -0.106. The van der Waals surface area contributed by atoms with Gasteiger partial charge in [0.15, 0.2) is 0 Å². The van der Waals surface area contributed by atoms with E-state index in [0.717, 1.165) is 24.7 Å². The number of halogens is 2. The first-order chi connectivity index (χ1) is 14.1. The normalized spacial score (nSPS) is 14.3. The van der Waals surface area contributed by atoms with Gasteiger partial charge in [-0.25, -0.2) is 8.42 Å². The highest BCUT2D eigenvalue weighted by Gasteiger charge is 2.19. The molecule has 30 heavy (non-hydrogen) atoms. The van der Waals surface area contributed by atoms with Crippen LogP contribution in [0.4, 0.5) is 5.69 Å². The summed E-state index contributed by atoms with van der Waals surface area (Å²) >= 11 is 11.9. The Balaban J connectivity index is 1.57. The Kier molecular flexibility index (Phi) is 7.32. The third-order valence-electron chi connectivity index (χ3n) is 5.36. The number of nitrogens with zero attached hydrogens (tertiary/aromatic N) is 1. The Morgan fingerprint density at radius 3 is 2.53 bits per heavy atom. The first-order valence-corrected chi connectivity index (χ1v) is 12.6. The van der Waals surface area contributed by atoms with E-state index in [-0.39, 0.29) is 29.9 Å². The Labute approximate surface area is 188 Å². The SMILES string of the molecule is C[C@@H](NC(=O)CCCN(c1ccc(Cl)c(Cl)c1)S(C)(=O)=O)c1ccc2c(c1)CCC2. The molecule has 162 valence electrons. The van der Waals surface area contributed by atoms with Crippen molar-refractivity contribution in [1.82, 2.24) is 5.32 Å². The van der Waals surface area contributed by atoms with Crippen molar-refractivity contribution in [2.24, 2.45) is 0 Å². The van der Waals surface area contributed by atoms with E-state index >= 15 is 0 Å². The van der Waals surface area contributed by atoms with E-state index in [1.54, 1.807) is 12.1 Å². The van der Waals surface area contributed by atoms with Gasteiger partial charge in [-0.05, 0) is 67.5 Å². The quantitative estimate of drug-likeness (QED) is 0.598. The molecule has 2 aromatic rings. The average Bonchev–Trinajstić information content (AvgIpc) is 3.14. The first-order valence-electron chi connectivity index (χ1n) is 9.99. The number of amides is 1. The summed E-state index contributed by atoms with van der Waals surface area (Å²) in [6.07, 6.45) is 5.16. The molecule has 0 heterocycles. The summed E-state index contributed by atoms with van der Waals surface area (Å²) in [5, 5.41) is 3.65. The second-order valence-corrected chi connectivity index (χ2v) is 10.4. The molecule has 0 fully saturated rings. The van der Waals surface area contributed by atoms with E-state index in [4.69, 9.17) is 23.2 Å². The average molecular weight is 469 g/mol. The molecular weight excluding hydrogens is 443 g/mol. The fraction of sp³-hybridized carbons (Fsp3) is 0.409. The van der Waals surface area contributed by atoms with E-state index < -0.39 is 10.0 Å². The minimum atomic E-state index is -3.52. The molecule has 1 aliphatic carbocycles. The van der Waals surface area contributed by atoms with Gasteiger partial charge in [-0.15, -0.1) is 0 Å². The van der Waals surface area contributed by atoms with Crippen LogP contribution in [0.5, 0.6) is 0 Å². The Morgan fingerprint density at radius 2 is 1.83 bits per heavy atom. The smallest absolute Gasteiger partial charge is 0.232 e. The molecule has 1 N–H and O–H groups in total. The van der Waals surface area contributed by atoms with E-state index in [2.05, 4.69) is 23.5 Å². The Hall–Kier alpha value is -1.76.